The van der Waals surface area contributed by atoms with Crippen molar-refractivity contribution in [1.29, 1.82) is 0 Å². The number of esters is 1. The van der Waals surface area contributed by atoms with Crippen LogP contribution in [0, 0.1) is 0 Å². The number of carbonyl (C=O) groups excluding carboxylic acids is 1. The van der Waals surface area contributed by atoms with E-state index in [-0.39, 0.29) is 12.4 Å². The predicted octanol–water partition coefficient (Wildman–Crippen LogP) is 4.08. The highest BCUT2D eigenvalue weighted by Gasteiger charge is 2.13. The minimum absolute atomic E-state index is 0.197. The van der Waals surface area contributed by atoms with Crippen molar-refractivity contribution < 1.29 is 14.3 Å². The average Bonchev–Trinajstić information content (AvgIpc) is 2.46. The van der Waals surface area contributed by atoms with Crippen LogP contribution >= 0.6 is 0 Å². The summed E-state index contributed by atoms with van der Waals surface area (Å²) in [5.74, 6) is 1.06. The Kier molecular flexibility index (Phi) is 4.84. The molecule has 112 valence electrons. The Morgan fingerprint density at radius 1 is 1.24 bits per heavy atom. The van der Waals surface area contributed by atoms with E-state index in [1.54, 1.807) is 7.11 Å². The molecule has 0 spiro atoms. The van der Waals surface area contributed by atoms with Gasteiger partial charge in [-0.1, -0.05) is 32.0 Å². The third-order valence-electron chi connectivity index (χ3n) is 3.58. The van der Waals surface area contributed by atoms with E-state index in [1.165, 1.54) is 5.56 Å². The maximum atomic E-state index is 11.7. The van der Waals surface area contributed by atoms with E-state index >= 15 is 0 Å². The molecule has 0 heterocycles. The molecular weight excluding hydrogens is 264 g/mol. The first-order chi connectivity index (χ1) is 10.1. The first kappa shape index (κ1) is 15.4. The molecule has 0 amide bonds. The highest BCUT2D eigenvalue weighted by molar-refractivity contribution is 5.91. The molecule has 21 heavy (non-hydrogen) atoms. The van der Waals surface area contributed by atoms with E-state index < -0.39 is 0 Å². The van der Waals surface area contributed by atoms with E-state index in [4.69, 9.17) is 9.47 Å². The van der Waals surface area contributed by atoms with Crippen LogP contribution in [0.5, 0.6) is 5.75 Å². The Bertz CT molecular complexity index is 644. The zero-order chi connectivity index (χ0) is 15.4. The van der Waals surface area contributed by atoms with Gasteiger partial charge >= 0.3 is 5.97 Å². The molecule has 0 fully saturated rings. The molecular formula is C18H22O3. The van der Waals surface area contributed by atoms with Gasteiger partial charge in [0.1, 0.15) is 5.75 Å². The van der Waals surface area contributed by atoms with Crippen molar-refractivity contribution in [2.75, 3.05) is 13.7 Å². The van der Waals surface area contributed by atoms with Crippen LogP contribution in [0.4, 0.5) is 0 Å². The van der Waals surface area contributed by atoms with Gasteiger partial charge in [0.2, 0.25) is 0 Å². The van der Waals surface area contributed by atoms with Gasteiger partial charge in [-0.2, -0.15) is 0 Å². The molecule has 2 aromatic carbocycles. The molecule has 0 bridgehead atoms. The molecule has 3 heteroatoms. The van der Waals surface area contributed by atoms with Crippen molar-refractivity contribution in [1.82, 2.24) is 0 Å². The Morgan fingerprint density at radius 3 is 2.62 bits per heavy atom. The van der Waals surface area contributed by atoms with E-state index in [2.05, 4.69) is 26.0 Å². The molecule has 0 saturated heterocycles. The lowest BCUT2D eigenvalue weighted by atomic mass is 9.95. The fourth-order valence-corrected chi connectivity index (χ4v) is 2.54. The fraction of sp³-hybridized carbons (Fsp3) is 0.389. The summed E-state index contributed by atoms with van der Waals surface area (Å²) in [6, 6.07) is 10.2. The Hall–Kier alpha value is -2.03. The smallest absolute Gasteiger partial charge is 0.310 e. The summed E-state index contributed by atoms with van der Waals surface area (Å²) in [6.45, 7) is 6.52. The molecule has 0 aliphatic rings. The summed E-state index contributed by atoms with van der Waals surface area (Å²) in [4.78, 5) is 11.7. The SMILES string of the molecule is CCOC(=O)Cc1cccc2cc(C(C)C)c(OC)cc12. The van der Waals surface area contributed by atoms with Crippen molar-refractivity contribution in [2.24, 2.45) is 0 Å². The molecule has 0 atom stereocenters. The number of rotatable bonds is 5. The van der Waals surface area contributed by atoms with Crippen LogP contribution in [0.25, 0.3) is 10.8 Å². The second kappa shape index (κ2) is 6.61. The zero-order valence-corrected chi connectivity index (χ0v) is 13.1. The highest BCUT2D eigenvalue weighted by Crippen LogP contribution is 2.32. The number of hydrogen-bond donors (Lipinski definition) is 0. The monoisotopic (exact) mass is 286 g/mol. The van der Waals surface area contributed by atoms with Crippen LogP contribution < -0.4 is 4.74 Å². The van der Waals surface area contributed by atoms with Crippen molar-refractivity contribution in [3.05, 3.63) is 41.5 Å². The van der Waals surface area contributed by atoms with Gasteiger partial charge in [-0.25, -0.2) is 0 Å². The van der Waals surface area contributed by atoms with Crippen molar-refractivity contribution in [3.8, 4) is 5.75 Å². The van der Waals surface area contributed by atoms with Crippen molar-refractivity contribution >= 4 is 16.7 Å². The summed E-state index contributed by atoms with van der Waals surface area (Å²) in [7, 11) is 1.68. The third-order valence-corrected chi connectivity index (χ3v) is 3.58. The Labute approximate surface area is 125 Å². The average molecular weight is 286 g/mol. The van der Waals surface area contributed by atoms with Gasteiger partial charge in [-0.05, 0) is 46.9 Å². The van der Waals surface area contributed by atoms with Crippen LogP contribution in [0.1, 0.15) is 37.8 Å². The quantitative estimate of drug-likeness (QED) is 0.777. The zero-order valence-electron chi connectivity index (χ0n) is 13.1. The van der Waals surface area contributed by atoms with E-state index in [1.807, 2.05) is 25.1 Å². The Morgan fingerprint density at radius 2 is 2.00 bits per heavy atom. The molecule has 0 aliphatic heterocycles. The van der Waals surface area contributed by atoms with Crippen LogP contribution in [-0.4, -0.2) is 19.7 Å². The molecule has 0 radical (unpaired) electrons. The predicted molar refractivity (Wildman–Crippen MR) is 84.9 cm³/mol. The number of fused-ring (bicyclic) bond motifs is 1. The van der Waals surface area contributed by atoms with Gasteiger partial charge in [0, 0.05) is 0 Å². The number of carbonyl (C=O) groups is 1. The third kappa shape index (κ3) is 3.35. The second-order valence-electron chi connectivity index (χ2n) is 5.37. The molecule has 3 nitrogen and oxygen atoms in total. The number of benzene rings is 2. The molecule has 0 unspecified atom stereocenters. The second-order valence-corrected chi connectivity index (χ2v) is 5.37. The lowest BCUT2D eigenvalue weighted by Gasteiger charge is -2.15. The minimum Gasteiger partial charge on any atom is -0.496 e. The molecule has 0 aliphatic carbocycles. The first-order valence-corrected chi connectivity index (χ1v) is 7.32. The van der Waals surface area contributed by atoms with Gasteiger partial charge < -0.3 is 9.47 Å². The number of methoxy groups -OCH3 is 1. The van der Waals surface area contributed by atoms with Gasteiger partial charge in [0.15, 0.2) is 0 Å². The molecule has 2 rings (SSSR count). The highest BCUT2D eigenvalue weighted by atomic mass is 16.5. The largest absolute Gasteiger partial charge is 0.496 e. The first-order valence-electron chi connectivity index (χ1n) is 7.32. The van der Waals surface area contributed by atoms with Crippen LogP contribution in [0.2, 0.25) is 0 Å². The standard InChI is InChI=1S/C18H22O3/c1-5-21-18(19)10-14-8-6-7-13-9-15(12(2)3)17(20-4)11-16(13)14/h6-9,11-12H,5,10H2,1-4H3. The summed E-state index contributed by atoms with van der Waals surface area (Å²) in [5.41, 5.74) is 2.15. The number of ether oxygens (including phenoxy) is 2. The number of hydrogen-bond acceptors (Lipinski definition) is 3. The summed E-state index contributed by atoms with van der Waals surface area (Å²) >= 11 is 0. The molecule has 0 saturated carbocycles. The van der Waals surface area contributed by atoms with Crippen LogP contribution in [0.15, 0.2) is 30.3 Å². The van der Waals surface area contributed by atoms with Crippen LogP contribution in [0.3, 0.4) is 0 Å². The fourth-order valence-electron chi connectivity index (χ4n) is 2.54. The molecule has 2 aromatic rings. The molecule has 0 aromatic heterocycles. The normalized spacial score (nSPS) is 10.9. The van der Waals surface area contributed by atoms with E-state index in [0.717, 1.165) is 22.1 Å². The van der Waals surface area contributed by atoms with Crippen molar-refractivity contribution in [3.63, 3.8) is 0 Å². The summed E-state index contributed by atoms with van der Waals surface area (Å²) in [5, 5.41) is 2.17. The van der Waals surface area contributed by atoms with Crippen LogP contribution in [-0.2, 0) is 16.0 Å². The summed E-state index contributed by atoms with van der Waals surface area (Å²) in [6.07, 6.45) is 0.287. The molecule has 0 N–H and O–H groups in total. The minimum atomic E-state index is -0.197. The maximum Gasteiger partial charge on any atom is 0.310 e. The van der Waals surface area contributed by atoms with E-state index in [9.17, 15) is 4.79 Å². The van der Waals surface area contributed by atoms with E-state index in [0.29, 0.717) is 12.5 Å². The van der Waals surface area contributed by atoms with Crippen molar-refractivity contribution in [2.45, 2.75) is 33.1 Å². The van der Waals surface area contributed by atoms with Gasteiger partial charge in [0.05, 0.1) is 20.1 Å². The van der Waals surface area contributed by atoms with Gasteiger partial charge in [0.25, 0.3) is 0 Å². The lowest BCUT2D eigenvalue weighted by Crippen LogP contribution is -2.08. The lowest BCUT2D eigenvalue weighted by molar-refractivity contribution is -0.142. The topological polar surface area (TPSA) is 35.5 Å². The van der Waals surface area contributed by atoms with Gasteiger partial charge in [-0.15, -0.1) is 0 Å². The van der Waals surface area contributed by atoms with Gasteiger partial charge in [-0.3, -0.25) is 4.79 Å². The maximum absolute atomic E-state index is 11.7. The Balaban J connectivity index is 2.51. The summed E-state index contributed by atoms with van der Waals surface area (Å²) < 4.78 is 10.5.